The molecule has 0 aliphatic rings. The number of anilines is 2. The fourth-order valence-electron chi connectivity index (χ4n) is 2.83. The smallest absolute Gasteiger partial charge is 0.328 e. The maximum Gasteiger partial charge on any atom is 0.328 e. The average molecular weight is 459 g/mol. The number of ketones is 1. The summed E-state index contributed by atoms with van der Waals surface area (Å²) in [5.41, 5.74) is 11.5. The zero-order valence-electron chi connectivity index (χ0n) is 17.9. The second-order valence-electron chi connectivity index (χ2n) is 7.13. The summed E-state index contributed by atoms with van der Waals surface area (Å²) >= 11 is 0. The fourth-order valence-corrected chi connectivity index (χ4v) is 2.83. The molecule has 0 spiro atoms. The zero-order valence-corrected chi connectivity index (χ0v) is 17.9. The van der Waals surface area contributed by atoms with Crippen LogP contribution in [-0.2, 0) is 20.9 Å². The van der Waals surface area contributed by atoms with Crippen LogP contribution in [0.3, 0.4) is 0 Å². The van der Waals surface area contributed by atoms with Crippen molar-refractivity contribution in [2.75, 3.05) is 18.1 Å². The Hall–Kier alpha value is -4.06. The number of amides is 1. The van der Waals surface area contributed by atoms with Crippen molar-refractivity contribution in [2.24, 2.45) is 5.92 Å². The molecule has 1 amide bonds. The lowest BCUT2D eigenvalue weighted by Crippen LogP contribution is -2.44. The van der Waals surface area contributed by atoms with Crippen molar-refractivity contribution in [1.29, 1.82) is 0 Å². The van der Waals surface area contributed by atoms with Crippen LogP contribution in [0.1, 0.15) is 46.3 Å². The molecule has 2 rings (SSSR count). The van der Waals surface area contributed by atoms with E-state index in [1.807, 2.05) is 6.07 Å². The van der Waals surface area contributed by atoms with Crippen molar-refractivity contribution in [3.05, 3.63) is 47.3 Å². The second-order valence-corrected chi connectivity index (χ2v) is 7.13. The minimum absolute atomic E-state index is 0.140. The molecule has 33 heavy (non-hydrogen) atoms. The van der Waals surface area contributed by atoms with Gasteiger partial charge in [0.05, 0.1) is 19.1 Å². The lowest BCUT2D eigenvalue weighted by Gasteiger charge is -2.16. The number of nitrogens with zero attached hydrogens (tertiary/aromatic N) is 2. The van der Waals surface area contributed by atoms with Gasteiger partial charge in [-0.1, -0.05) is 37.3 Å². The third kappa shape index (κ3) is 6.97. The van der Waals surface area contributed by atoms with Gasteiger partial charge in [0.2, 0.25) is 0 Å². The molecule has 2 aromatic rings. The fraction of sp³-hybridized carbons (Fsp3) is 0.333. The number of nitrogens with one attached hydrogen (secondary N) is 1. The van der Waals surface area contributed by atoms with Crippen molar-refractivity contribution in [2.45, 2.75) is 32.4 Å². The van der Waals surface area contributed by atoms with E-state index in [0.717, 1.165) is 5.56 Å². The number of benzene rings is 1. The van der Waals surface area contributed by atoms with Gasteiger partial charge in [-0.15, -0.1) is 0 Å². The highest BCUT2D eigenvalue weighted by atomic mass is 16.5. The van der Waals surface area contributed by atoms with Crippen LogP contribution in [0.25, 0.3) is 0 Å². The number of nitrogens with two attached hydrogens (primary N) is 2. The van der Waals surface area contributed by atoms with Crippen LogP contribution in [0.5, 0.6) is 0 Å². The number of ether oxygens (including phenoxy) is 1. The van der Waals surface area contributed by atoms with Gasteiger partial charge in [-0.05, 0) is 12.0 Å². The standard InChI is InChI=1S/C21H25N5O7/c1-2-12(20(29)30)8-14(27)15-17(22)26-16(18(23)25-15)19(28)24-13(21(31)32)10-33-9-11-6-4-3-5-7-11/h3-7,12-13H,2,8-10H2,1H3,(H2,22,26)(H2,23,25)(H,24,28)(H,29,30)(H,31,32)/t12-,13+/m0/s1. The Morgan fingerprint density at radius 3 is 2.18 bits per heavy atom. The molecule has 176 valence electrons. The first-order valence-corrected chi connectivity index (χ1v) is 9.98. The van der Waals surface area contributed by atoms with E-state index in [1.54, 1.807) is 31.2 Å². The number of carboxylic acids is 2. The topological polar surface area (TPSA) is 208 Å². The van der Waals surface area contributed by atoms with Crippen molar-refractivity contribution >= 4 is 35.3 Å². The van der Waals surface area contributed by atoms with Crippen LogP contribution < -0.4 is 16.8 Å². The lowest BCUT2D eigenvalue weighted by molar-refractivity contribution is -0.142. The molecule has 7 N–H and O–H groups in total. The normalized spacial score (nSPS) is 12.5. The Bertz CT molecular complexity index is 1030. The van der Waals surface area contributed by atoms with Gasteiger partial charge >= 0.3 is 11.9 Å². The Morgan fingerprint density at radius 2 is 1.61 bits per heavy atom. The Morgan fingerprint density at radius 1 is 1.00 bits per heavy atom. The highest BCUT2D eigenvalue weighted by molar-refractivity contribution is 6.03. The molecule has 0 fully saturated rings. The summed E-state index contributed by atoms with van der Waals surface area (Å²) in [6.07, 6.45) is -0.150. The largest absolute Gasteiger partial charge is 0.481 e. The predicted octanol–water partition coefficient (Wildman–Crippen LogP) is 0.724. The SMILES string of the molecule is CC[C@@H](CC(=O)c1nc(N)c(C(=O)N[C@H](COCc2ccccc2)C(=O)O)nc1N)C(=O)O. The van der Waals surface area contributed by atoms with Crippen molar-refractivity contribution in [1.82, 2.24) is 15.3 Å². The highest BCUT2D eigenvalue weighted by Gasteiger charge is 2.27. The van der Waals surface area contributed by atoms with Gasteiger partial charge in [0.25, 0.3) is 5.91 Å². The van der Waals surface area contributed by atoms with Gasteiger partial charge in [-0.3, -0.25) is 14.4 Å². The molecule has 0 aliphatic carbocycles. The Balaban J connectivity index is 2.09. The number of Topliss-reactive ketones (excluding diaryl/α,β-unsaturated/α-hetero) is 1. The molecule has 0 saturated carbocycles. The molecule has 1 aromatic carbocycles. The summed E-state index contributed by atoms with van der Waals surface area (Å²) < 4.78 is 5.37. The number of nitrogen functional groups attached to an aromatic ring is 2. The molecule has 0 unspecified atom stereocenters. The number of hydrogen-bond acceptors (Lipinski definition) is 9. The summed E-state index contributed by atoms with van der Waals surface area (Å²) in [5.74, 6) is -5.97. The molecular weight excluding hydrogens is 434 g/mol. The number of hydrogen-bond donors (Lipinski definition) is 5. The summed E-state index contributed by atoms with van der Waals surface area (Å²) in [6, 6.07) is 7.63. The van der Waals surface area contributed by atoms with E-state index in [9.17, 15) is 24.3 Å². The minimum Gasteiger partial charge on any atom is -0.481 e. The van der Waals surface area contributed by atoms with Crippen LogP contribution in [0.15, 0.2) is 30.3 Å². The van der Waals surface area contributed by atoms with E-state index in [1.165, 1.54) is 0 Å². The van der Waals surface area contributed by atoms with E-state index in [4.69, 9.17) is 21.3 Å². The molecule has 12 heteroatoms. The van der Waals surface area contributed by atoms with E-state index < -0.39 is 52.9 Å². The lowest BCUT2D eigenvalue weighted by atomic mass is 9.98. The maximum absolute atomic E-state index is 12.5. The number of carboxylic acid groups (broad SMARTS) is 2. The number of rotatable bonds is 12. The number of carbonyl (C=O) groups is 4. The minimum atomic E-state index is -1.41. The van der Waals surface area contributed by atoms with E-state index in [2.05, 4.69) is 15.3 Å². The monoisotopic (exact) mass is 459 g/mol. The van der Waals surface area contributed by atoms with Gasteiger partial charge in [0.1, 0.15) is 0 Å². The first-order valence-electron chi connectivity index (χ1n) is 9.98. The molecule has 0 saturated heterocycles. The number of aromatic nitrogens is 2. The predicted molar refractivity (Wildman–Crippen MR) is 116 cm³/mol. The first-order chi connectivity index (χ1) is 15.6. The molecule has 12 nitrogen and oxygen atoms in total. The molecule has 2 atom stereocenters. The second kappa shape index (κ2) is 11.5. The molecule has 1 heterocycles. The quantitative estimate of drug-likeness (QED) is 0.279. The maximum atomic E-state index is 12.5. The van der Waals surface area contributed by atoms with E-state index in [-0.39, 0.29) is 31.7 Å². The Kier molecular flexibility index (Phi) is 8.80. The molecule has 0 bridgehead atoms. The zero-order chi connectivity index (χ0) is 24.5. The van der Waals surface area contributed by atoms with Crippen molar-refractivity contribution < 1.29 is 34.1 Å². The van der Waals surface area contributed by atoms with Gasteiger partial charge in [-0.2, -0.15) is 0 Å². The van der Waals surface area contributed by atoms with E-state index >= 15 is 0 Å². The average Bonchev–Trinajstić information content (AvgIpc) is 2.78. The summed E-state index contributed by atoms with van der Waals surface area (Å²) in [4.78, 5) is 55.2. The molecule has 1 aromatic heterocycles. The Labute approximate surface area is 189 Å². The van der Waals surface area contributed by atoms with Crippen molar-refractivity contribution in [3.8, 4) is 0 Å². The third-order valence-electron chi connectivity index (χ3n) is 4.70. The van der Waals surface area contributed by atoms with Crippen LogP contribution >= 0.6 is 0 Å². The van der Waals surface area contributed by atoms with Gasteiger partial charge in [0.15, 0.2) is 34.8 Å². The van der Waals surface area contributed by atoms with Crippen LogP contribution in [-0.4, -0.2) is 56.5 Å². The number of carbonyl (C=O) groups excluding carboxylic acids is 2. The van der Waals surface area contributed by atoms with Gasteiger partial charge in [0, 0.05) is 6.42 Å². The van der Waals surface area contributed by atoms with Crippen molar-refractivity contribution in [3.63, 3.8) is 0 Å². The van der Waals surface area contributed by atoms with Gasteiger partial charge in [-0.25, -0.2) is 14.8 Å². The summed E-state index contributed by atoms with van der Waals surface area (Å²) in [6.45, 7) is 1.43. The van der Waals surface area contributed by atoms with Crippen LogP contribution in [0, 0.1) is 5.92 Å². The van der Waals surface area contributed by atoms with Crippen LogP contribution in [0.2, 0.25) is 0 Å². The molecular formula is C21H25N5O7. The van der Waals surface area contributed by atoms with Crippen LogP contribution in [0.4, 0.5) is 11.6 Å². The number of aliphatic carboxylic acids is 2. The van der Waals surface area contributed by atoms with Gasteiger partial charge < -0.3 is 31.7 Å². The summed E-state index contributed by atoms with van der Waals surface area (Å²) in [5, 5.41) is 20.7. The third-order valence-corrected chi connectivity index (χ3v) is 4.70. The first kappa shape index (κ1) is 25.2. The molecule has 0 radical (unpaired) electrons. The highest BCUT2D eigenvalue weighted by Crippen LogP contribution is 2.19. The van der Waals surface area contributed by atoms with E-state index in [0.29, 0.717) is 0 Å². The molecule has 0 aliphatic heterocycles. The summed E-state index contributed by atoms with van der Waals surface area (Å²) in [7, 11) is 0.